The van der Waals surface area contributed by atoms with E-state index in [4.69, 9.17) is 0 Å². The summed E-state index contributed by atoms with van der Waals surface area (Å²) in [6.07, 6.45) is 3.95. The number of aromatic nitrogens is 3. The molecule has 0 unspecified atom stereocenters. The summed E-state index contributed by atoms with van der Waals surface area (Å²) in [6, 6.07) is 11.9. The highest BCUT2D eigenvalue weighted by Crippen LogP contribution is 2.20. The number of nitrogens with zero attached hydrogens (tertiary/aromatic N) is 5. The summed E-state index contributed by atoms with van der Waals surface area (Å²) in [5.74, 6) is 2.49. The average molecular weight is 390 g/mol. The maximum atomic E-state index is 12.7. The van der Waals surface area contributed by atoms with Crippen molar-refractivity contribution in [2.75, 3.05) is 36.4 Å². The van der Waals surface area contributed by atoms with Crippen LogP contribution in [-0.2, 0) is 0 Å². The Morgan fingerprint density at radius 1 is 0.931 bits per heavy atom. The number of amides is 2. The van der Waals surface area contributed by atoms with Crippen molar-refractivity contribution in [3.05, 3.63) is 65.7 Å². The van der Waals surface area contributed by atoms with E-state index in [0.717, 1.165) is 41.8 Å². The van der Waals surface area contributed by atoms with Crippen LogP contribution in [0.15, 0.2) is 48.8 Å². The van der Waals surface area contributed by atoms with Gasteiger partial charge in [0.05, 0.1) is 0 Å². The van der Waals surface area contributed by atoms with Crippen molar-refractivity contribution < 1.29 is 4.79 Å². The first kappa shape index (κ1) is 19.0. The van der Waals surface area contributed by atoms with E-state index in [1.54, 1.807) is 0 Å². The maximum absolute atomic E-state index is 12.7. The summed E-state index contributed by atoms with van der Waals surface area (Å²) < 4.78 is 1.98. The zero-order chi connectivity index (χ0) is 20.4. The molecule has 3 heterocycles. The van der Waals surface area contributed by atoms with Crippen molar-refractivity contribution in [1.29, 1.82) is 0 Å². The van der Waals surface area contributed by atoms with Gasteiger partial charge in [0.1, 0.15) is 17.5 Å². The van der Waals surface area contributed by atoms with Gasteiger partial charge in [-0.15, -0.1) is 0 Å². The molecule has 3 aromatic rings. The van der Waals surface area contributed by atoms with Crippen molar-refractivity contribution in [2.24, 2.45) is 0 Å². The van der Waals surface area contributed by atoms with Crippen LogP contribution in [0.2, 0.25) is 0 Å². The molecule has 2 aromatic heterocycles. The summed E-state index contributed by atoms with van der Waals surface area (Å²) >= 11 is 0. The van der Waals surface area contributed by atoms with E-state index >= 15 is 0 Å². The Kier molecular flexibility index (Phi) is 5.20. The molecule has 1 aliphatic heterocycles. The SMILES string of the molecule is Cc1nc(N2CCN(C(=O)Nc3cccc(C)c3C)CC2)cc(-n2cccc2)n1. The summed E-state index contributed by atoms with van der Waals surface area (Å²) in [4.78, 5) is 25.9. The number of aryl methyl sites for hydroxylation is 2. The molecule has 7 heteroatoms. The zero-order valence-corrected chi connectivity index (χ0v) is 17.1. The van der Waals surface area contributed by atoms with Gasteiger partial charge in [0.2, 0.25) is 0 Å². The second-order valence-corrected chi connectivity index (χ2v) is 7.37. The quantitative estimate of drug-likeness (QED) is 0.743. The van der Waals surface area contributed by atoms with Gasteiger partial charge in [-0.2, -0.15) is 0 Å². The van der Waals surface area contributed by atoms with Crippen LogP contribution >= 0.6 is 0 Å². The van der Waals surface area contributed by atoms with E-state index in [0.29, 0.717) is 13.1 Å². The van der Waals surface area contributed by atoms with Crippen molar-refractivity contribution in [1.82, 2.24) is 19.4 Å². The largest absolute Gasteiger partial charge is 0.353 e. The van der Waals surface area contributed by atoms with Gasteiger partial charge in [0.15, 0.2) is 0 Å². The van der Waals surface area contributed by atoms with Gasteiger partial charge in [-0.25, -0.2) is 14.8 Å². The molecule has 0 atom stereocenters. The number of anilines is 2. The highest BCUT2D eigenvalue weighted by Gasteiger charge is 2.23. The average Bonchev–Trinajstić information content (AvgIpc) is 3.26. The van der Waals surface area contributed by atoms with Crippen LogP contribution in [0, 0.1) is 20.8 Å². The first-order valence-electron chi connectivity index (χ1n) is 9.87. The Morgan fingerprint density at radius 2 is 1.62 bits per heavy atom. The highest BCUT2D eigenvalue weighted by atomic mass is 16.2. The molecule has 1 aliphatic rings. The maximum Gasteiger partial charge on any atom is 0.321 e. The number of nitrogens with one attached hydrogen (secondary N) is 1. The lowest BCUT2D eigenvalue weighted by Crippen LogP contribution is -2.50. The third-order valence-electron chi connectivity index (χ3n) is 5.42. The first-order valence-corrected chi connectivity index (χ1v) is 9.87. The molecular weight excluding hydrogens is 364 g/mol. The van der Waals surface area contributed by atoms with Gasteiger partial charge in [0, 0.05) is 50.3 Å². The molecule has 0 aliphatic carbocycles. The standard InChI is InChI=1S/C22H26N6O/c1-16-7-6-8-19(17(16)2)25-22(29)28-13-11-27(12-14-28)21-15-20(23-18(3)24-21)26-9-4-5-10-26/h4-10,15H,11-14H2,1-3H3,(H,25,29). The number of hydrogen-bond donors (Lipinski definition) is 1. The number of carbonyl (C=O) groups excluding carboxylic acids is 1. The van der Waals surface area contributed by atoms with Crippen LogP contribution in [0.5, 0.6) is 0 Å². The molecule has 1 N–H and O–H groups in total. The van der Waals surface area contributed by atoms with Gasteiger partial charge in [-0.1, -0.05) is 12.1 Å². The zero-order valence-electron chi connectivity index (χ0n) is 17.1. The summed E-state index contributed by atoms with van der Waals surface area (Å²) in [5, 5.41) is 3.05. The number of urea groups is 1. The first-order chi connectivity index (χ1) is 14.0. The molecular formula is C22H26N6O. The predicted octanol–water partition coefficient (Wildman–Crippen LogP) is 3.55. The number of piperazine rings is 1. The Morgan fingerprint density at radius 3 is 2.34 bits per heavy atom. The second-order valence-electron chi connectivity index (χ2n) is 7.37. The fourth-order valence-corrected chi connectivity index (χ4v) is 3.54. The summed E-state index contributed by atoms with van der Waals surface area (Å²) in [5.41, 5.74) is 3.15. The van der Waals surface area contributed by atoms with Gasteiger partial charge >= 0.3 is 6.03 Å². The number of carbonyl (C=O) groups is 1. The lowest BCUT2D eigenvalue weighted by atomic mass is 10.1. The lowest BCUT2D eigenvalue weighted by molar-refractivity contribution is 0.208. The van der Waals surface area contributed by atoms with Crippen LogP contribution in [0.4, 0.5) is 16.3 Å². The molecule has 150 valence electrons. The minimum absolute atomic E-state index is 0.0507. The van der Waals surface area contributed by atoms with E-state index in [2.05, 4.69) is 33.2 Å². The monoisotopic (exact) mass is 390 g/mol. The minimum atomic E-state index is -0.0507. The number of rotatable bonds is 3. The van der Waals surface area contributed by atoms with E-state index in [-0.39, 0.29) is 6.03 Å². The van der Waals surface area contributed by atoms with Crippen LogP contribution in [0.25, 0.3) is 5.82 Å². The fraction of sp³-hybridized carbons (Fsp3) is 0.318. The molecule has 2 amide bonds. The normalized spacial score (nSPS) is 14.2. The third kappa shape index (κ3) is 4.08. The van der Waals surface area contributed by atoms with Crippen molar-refractivity contribution in [3.63, 3.8) is 0 Å². The molecule has 7 nitrogen and oxygen atoms in total. The van der Waals surface area contributed by atoms with Crippen LogP contribution in [-0.4, -0.2) is 51.6 Å². The smallest absolute Gasteiger partial charge is 0.321 e. The molecule has 1 aromatic carbocycles. The van der Waals surface area contributed by atoms with Gasteiger partial charge in [-0.05, 0) is 50.1 Å². The van der Waals surface area contributed by atoms with Gasteiger partial charge < -0.3 is 19.7 Å². The van der Waals surface area contributed by atoms with Crippen LogP contribution < -0.4 is 10.2 Å². The van der Waals surface area contributed by atoms with Crippen LogP contribution in [0.1, 0.15) is 17.0 Å². The molecule has 0 saturated carbocycles. The van der Waals surface area contributed by atoms with Crippen molar-refractivity contribution >= 4 is 17.5 Å². The molecule has 29 heavy (non-hydrogen) atoms. The molecule has 0 spiro atoms. The Hall–Kier alpha value is -3.35. The molecule has 1 fully saturated rings. The Labute approximate surface area is 171 Å². The minimum Gasteiger partial charge on any atom is -0.353 e. The third-order valence-corrected chi connectivity index (χ3v) is 5.42. The number of hydrogen-bond acceptors (Lipinski definition) is 4. The van der Waals surface area contributed by atoms with Crippen molar-refractivity contribution in [3.8, 4) is 5.82 Å². The van der Waals surface area contributed by atoms with Gasteiger partial charge in [-0.3, -0.25) is 0 Å². The van der Waals surface area contributed by atoms with E-state index in [1.807, 2.05) is 66.0 Å². The van der Waals surface area contributed by atoms with E-state index in [9.17, 15) is 4.79 Å². The molecule has 4 rings (SSSR count). The summed E-state index contributed by atoms with van der Waals surface area (Å²) in [6.45, 7) is 8.77. The van der Waals surface area contributed by atoms with Crippen molar-refractivity contribution in [2.45, 2.75) is 20.8 Å². The Balaban J connectivity index is 1.42. The highest BCUT2D eigenvalue weighted by molar-refractivity contribution is 5.90. The molecule has 0 radical (unpaired) electrons. The Bertz CT molecular complexity index is 1010. The van der Waals surface area contributed by atoms with E-state index in [1.165, 1.54) is 5.56 Å². The molecule has 1 saturated heterocycles. The predicted molar refractivity (Wildman–Crippen MR) is 115 cm³/mol. The van der Waals surface area contributed by atoms with Crippen LogP contribution in [0.3, 0.4) is 0 Å². The van der Waals surface area contributed by atoms with E-state index < -0.39 is 0 Å². The van der Waals surface area contributed by atoms with Gasteiger partial charge in [0.25, 0.3) is 0 Å². The number of benzene rings is 1. The fourth-order valence-electron chi connectivity index (χ4n) is 3.54. The summed E-state index contributed by atoms with van der Waals surface area (Å²) in [7, 11) is 0. The molecule has 0 bridgehead atoms. The lowest BCUT2D eigenvalue weighted by Gasteiger charge is -2.35. The topological polar surface area (TPSA) is 66.3 Å². The second kappa shape index (κ2) is 7.95.